The summed E-state index contributed by atoms with van der Waals surface area (Å²) in [6.07, 6.45) is 1.78. The Hall–Kier alpha value is -2.56. The Kier molecular flexibility index (Phi) is 5.74. The number of carbonyl (C=O) groups excluding carboxylic acids is 2. The highest BCUT2D eigenvalue weighted by molar-refractivity contribution is 9.11. The van der Waals surface area contributed by atoms with E-state index in [4.69, 9.17) is 4.74 Å². The molecular formula is C19H18BrN5O3S. The zero-order valence-electron chi connectivity index (χ0n) is 15.6. The van der Waals surface area contributed by atoms with Gasteiger partial charge in [-0.05, 0) is 58.7 Å². The quantitative estimate of drug-likeness (QED) is 0.612. The summed E-state index contributed by atoms with van der Waals surface area (Å²) in [5.41, 5.74) is 3.32. The molecule has 0 unspecified atom stereocenters. The number of aryl methyl sites for hydroxylation is 1. The van der Waals surface area contributed by atoms with Gasteiger partial charge in [-0.3, -0.25) is 9.59 Å². The van der Waals surface area contributed by atoms with Gasteiger partial charge in [0.2, 0.25) is 0 Å². The zero-order valence-corrected chi connectivity index (χ0v) is 18.0. The molecule has 0 bridgehead atoms. The summed E-state index contributed by atoms with van der Waals surface area (Å²) in [6, 6.07) is 9.37. The average molecular weight is 476 g/mol. The fourth-order valence-corrected chi connectivity index (χ4v) is 4.36. The van der Waals surface area contributed by atoms with Gasteiger partial charge >= 0.3 is 0 Å². The number of rotatable bonds is 5. The molecule has 29 heavy (non-hydrogen) atoms. The molecule has 0 saturated carbocycles. The molecule has 2 aromatic heterocycles. The van der Waals surface area contributed by atoms with Crippen LogP contribution >= 0.6 is 27.3 Å². The van der Waals surface area contributed by atoms with Gasteiger partial charge in [0, 0.05) is 12.2 Å². The van der Waals surface area contributed by atoms with Crippen molar-refractivity contribution in [1.29, 1.82) is 0 Å². The van der Waals surface area contributed by atoms with Crippen molar-refractivity contribution in [3.8, 4) is 5.69 Å². The number of anilines is 1. The lowest BCUT2D eigenvalue weighted by molar-refractivity contribution is -0.125. The second kappa shape index (κ2) is 8.44. The van der Waals surface area contributed by atoms with E-state index in [-0.39, 0.29) is 25.0 Å². The summed E-state index contributed by atoms with van der Waals surface area (Å²) in [6.45, 7) is 3.44. The first kappa shape index (κ1) is 19.7. The van der Waals surface area contributed by atoms with Crippen molar-refractivity contribution in [2.75, 3.05) is 24.7 Å². The van der Waals surface area contributed by atoms with Crippen molar-refractivity contribution in [1.82, 2.24) is 20.3 Å². The lowest BCUT2D eigenvalue weighted by Gasteiger charge is -2.28. The monoisotopic (exact) mass is 475 g/mol. The number of nitrogens with zero attached hydrogens (tertiary/aromatic N) is 4. The van der Waals surface area contributed by atoms with Crippen LogP contribution in [0.5, 0.6) is 0 Å². The van der Waals surface area contributed by atoms with Gasteiger partial charge in [0.1, 0.15) is 12.3 Å². The Balaban J connectivity index is 1.44. The van der Waals surface area contributed by atoms with E-state index in [0.717, 1.165) is 20.7 Å². The molecule has 3 aromatic rings. The summed E-state index contributed by atoms with van der Waals surface area (Å²) < 4.78 is 7.76. The fraction of sp³-hybridized carbons (Fsp3) is 0.263. The standard InChI is InChI=1S/C19H18BrN5O3S/c1-12-8-14(2-3-15(12)24-6-7-28-11-18(24)26)25-10-13(22-23-25)9-21-19(27)16-4-5-17(20)29-16/h2-5,8,10H,6-7,9,11H2,1H3,(H,21,27). The summed E-state index contributed by atoms with van der Waals surface area (Å²) >= 11 is 4.73. The molecule has 1 saturated heterocycles. The largest absolute Gasteiger partial charge is 0.370 e. The molecule has 0 aliphatic carbocycles. The second-order valence-corrected chi connectivity index (χ2v) is 8.97. The van der Waals surface area contributed by atoms with E-state index < -0.39 is 0 Å². The molecule has 1 aliphatic heterocycles. The first-order valence-electron chi connectivity index (χ1n) is 8.95. The molecule has 10 heteroatoms. The van der Waals surface area contributed by atoms with Crippen LogP contribution in [0, 0.1) is 6.92 Å². The minimum Gasteiger partial charge on any atom is -0.370 e. The number of benzene rings is 1. The van der Waals surface area contributed by atoms with Gasteiger partial charge in [-0.15, -0.1) is 16.4 Å². The van der Waals surface area contributed by atoms with Crippen LogP contribution in [-0.2, 0) is 16.1 Å². The van der Waals surface area contributed by atoms with E-state index >= 15 is 0 Å². The minimum atomic E-state index is -0.148. The Morgan fingerprint density at radius 2 is 2.21 bits per heavy atom. The Morgan fingerprint density at radius 1 is 1.34 bits per heavy atom. The lowest BCUT2D eigenvalue weighted by Crippen LogP contribution is -2.42. The van der Waals surface area contributed by atoms with Gasteiger partial charge in [-0.25, -0.2) is 4.68 Å². The Bertz CT molecular complexity index is 1060. The van der Waals surface area contributed by atoms with Gasteiger partial charge in [0.25, 0.3) is 11.8 Å². The molecule has 1 fully saturated rings. The maximum Gasteiger partial charge on any atom is 0.261 e. The number of hydrogen-bond acceptors (Lipinski definition) is 6. The topological polar surface area (TPSA) is 89.3 Å². The summed E-state index contributed by atoms with van der Waals surface area (Å²) in [7, 11) is 0. The smallest absolute Gasteiger partial charge is 0.261 e. The SMILES string of the molecule is Cc1cc(-n2cc(CNC(=O)c3ccc(Br)s3)nn2)ccc1N1CCOCC1=O. The maximum absolute atomic E-state index is 12.1. The molecule has 0 spiro atoms. The first-order chi connectivity index (χ1) is 14.0. The van der Waals surface area contributed by atoms with E-state index in [1.54, 1.807) is 21.8 Å². The van der Waals surface area contributed by atoms with Crippen molar-refractivity contribution < 1.29 is 14.3 Å². The highest BCUT2D eigenvalue weighted by Crippen LogP contribution is 2.24. The predicted molar refractivity (Wildman–Crippen MR) is 112 cm³/mol. The molecule has 150 valence electrons. The normalized spacial score (nSPS) is 14.3. The van der Waals surface area contributed by atoms with Crippen LogP contribution in [-0.4, -0.2) is 46.6 Å². The molecule has 3 heterocycles. The maximum atomic E-state index is 12.1. The Morgan fingerprint density at radius 3 is 2.93 bits per heavy atom. The second-order valence-electron chi connectivity index (χ2n) is 6.51. The number of thiophene rings is 1. The van der Waals surface area contributed by atoms with Crippen molar-refractivity contribution in [2.45, 2.75) is 13.5 Å². The van der Waals surface area contributed by atoms with Crippen molar-refractivity contribution >= 4 is 44.8 Å². The van der Waals surface area contributed by atoms with Crippen LogP contribution in [0.1, 0.15) is 20.9 Å². The minimum absolute atomic E-state index is 0.0383. The molecule has 1 N–H and O–H groups in total. The van der Waals surface area contributed by atoms with Crippen molar-refractivity contribution in [2.24, 2.45) is 0 Å². The van der Waals surface area contributed by atoms with Crippen LogP contribution in [0.4, 0.5) is 5.69 Å². The van der Waals surface area contributed by atoms with E-state index in [1.807, 2.05) is 31.2 Å². The van der Waals surface area contributed by atoms with E-state index in [0.29, 0.717) is 23.7 Å². The van der Waals surface area contributed by atoms with Gasteiger partial charge < -0.3 is 15.0 Å². The van der Waals surface area contributed by atoms with E-state index in [1.165, 1.54) is 11.3 Å². The first-order valence-corrected chi connectivity index (χ1v) is 10.6. The molecule has 1 aliphatic rings. The summed E-state index contributed by atoms with van der Waals surface area (Å²) in [5, 5.41) is 11.1. The third-order valence-electron chi connectivity index (χ3n) is 4.49. The molecule has 4 rings (SSSR count). The molecule has 0 atom stereocenters. The number of halogens is 1. The number of amides is 2. The van der Waals surface area contributed by atoms with Crippen LogP contribution < -0.4 is 10.2 Å². The molecule has 1 aromatic carbocycles. The number of nitrogens with one attached hydrogen (secondary N) is 1. The highest BCUT2D eigenvalue weighted by Gasteiger charge is 2.21. The van der Waals surface area contributed by atoms with Crippen LogP contribution in [0.3, 0.4) is 0 Å². The lowest BCUT2D eigenvalue weighted by atomic mass is 10.1. The van der Waals surface area contributed by atoms with Gasteiger partial charge in [0.05, 0.1) is 33.7 Å². The summed E-state index contributed by atoms with van der Waals surface area (Å²) in [5.74, 6) is -0.186. The van der Waals surface area contributed by atoms with Crippen LogP contribution in [0.2, 0.25) is 0 Å². The highest BCUT2D eigenvalue weighted by atomic mass is 79.9. The molecular weight excluding hydrogens is 458 g/mol. The Labute approximate surface area is 179 Å². The van der Waals surface area contributed by atoms with Gasteiger partial charge in [0.15, 0.2) is 0 Å². The third-order valence-corrected chi connectivity index (χ3v) is 6.11. The van der Waals surface area contributed by atoms with E-state index in [2.05, 4.69) is 31.6 Å². The van der Waals surface area contributed by atoms with Crippen LogP contribution in [0.15, 0.2) is 40.3 Å². The number of ether oxygens (including phenoxy) is 1. The number of carbonyl (C=O) groups is 2. The molecule has 0 radical (unpaired) electrons. The third kappa shape index (κ3) is 4.39. The molecule has 8 nitrogen and oxygen atoms in total. The molecule has 2 amide bonds. The number of morpholine rings is 1. The zero-order chi connectivity index (χ0) is 20.4. The van der Waals surface area contributed by atoms with Gasteiger partial charge in [-0.2, -0.15) is 0 Å². The number of hydrogen-bond donors (Lipinski definition) is 1. The van der Waals surface area contributed by atoms with Crippen molar-refractivity contribution in [3.05, 3.63) is 56.4 Å². The fourth-order valence-electron chi connectivity index (χ4n) is 3.06. The average Bonchev–Trinajstić information content (AvgIpc) is 3.36. The van der Waals surface area contributed by atoms with Crippen molar-refractivity contribution in [3.63, 3.8) is 0 Å². The van der Waals surface area contributed by atoms with E-state index in [9.17, 15) is 9.59 Å². The predicted octanol–water partition coefficient (Wildman–Crippen LogP) is 2.69. The summed E-state index contributed by atoms with van der Waals surface area (Å²) in [4.78, 5) is 26.6. The number of aromatic nitrogens is 3. The van der Waals surface area contributed by atoms with Crippen LogP contribution in [0.25, 0.3) is 5.69 Å². The van der Waals surface area contributed by atoms with Gasteiger partial charge in [-0.1, -0.05) is 5.21 Å².